The van der Waals surface area contributed by atoms with Crippen molar-refractivity contribution in [3.63, 3.8) is 0 Å². The maximum Gasteiger partial charge on any atom is 0.162 e. The van der Waals surface area contributed by atoms with Crippen molar-refractivity contribution in [2.75, 3.05) is 31.2 Å². The van der Waals surface area contributed by atoms with Crippen LogP contribution in [0.25, 0.3) is 22.0 Å². The Kier molecular flexibility index (Phi) is 6.24. The van der Waals surface area contributed by atoms with E-state index in [1.165, 1.54) is 6.33 Å². The Morgan fingerprint density at radius 1 is 1.23 bits per heavy atom. The van der Waals surface area contributed by atoms with E-state index in [-0.39, 0.29) is 22.4 Å². The first-order valence-electron chi connectivity index (χ1n) is 11.5. The Labute approximate surface area is 208 Å². The first-order chi connectivity index (χ1) is 16.8. The summed E-state index contributed by atoms with van der Waals surface area (Å²) < 4.78 is 23.3. The Morgan fingerprint density at radius 2 is 2.03 bits per heavy atom. The summed E-state index contributed by atoms with van der Waals surface area (Å²) in [6, 6.07) is 7.13. The van der Waals surface area contributed by atoms with E-state index in [1.807, 2.05) is 31.6 Å². The molecule has 2 aromatic carbocycles. The third kappa shape index (κ3) is 4.51. The average Bonchev–Trinajstić information content (AvgIpc) is 3.27. The molecule has 0 spiro atoms. The lowest BCUT2D eigenvalue weighted by atomic mass is 9.92. The summed E-state index contributed by atoms with van der Waals surface area (Å²) in [5.74, 6) is 0.982. The van der Waals surface area contributed by atoms with E-state index in [0.29, 0.717) is 28.4 Å². The summed E-state index contributed by atoms with van der Waals surface area (Å²) in [7, 11) is 3.98. The molecule has 0 unspecified atom stereocenters. The van der Waals surface area contributed by atoms with Crippen molar-refractivity contribution in [2.24, 2.45) is 13.0 Å². The number of benzene rings is 2. The van der Waals surface area contributed by atoms with E-state index in [0.717, 1.165) is 30.6 Å². The minimum Gasteiger partial charge on any atom is -0.489 e. The van der Waals surface area contributed by atoms with Gasteiger partial charge in [-0.3, -0.25) is 4.68 Å². The van der Waals surface area contributed by atoms with Gasteiger partial charge in [0, 0.05) is 43.5 Å². The maximum atomic E-state index is 14.9. The molecule has 3 heterocycles. The van der Waals surface area contributed by atoms with Crippen molar-refractivity contribution in [3.05, 3.63) is 48.8 Å². The fourth-order valence-corrected chi connectivity index (χ4v) is 4.74. The molecule has 1 saturated heterocycles. The minimum absolute atomic E-state index is 0.0314. The standard InChI is InChI=1S/C25H28FN7OS/c1-4-20(16-10-32(2)11-16)34-21-8-14(15-9-30-33(3)12-15)7-19-22(21)25(29-13-28-19)31-18-6-5-17(27)24(35)23(18)26/h5-9,12-13,16,20,35H,4,10-11,27H2,1-3H3,(H,28,29,31)/t20-/m1/s1. The molecule has 35 heavy (non-hydrogen) atoms. The molecular formula is C25H28FN7OS. The van der Waals surface area contributed by atoms with Crippen LogP contribution in [0.3, 0.4) is 0 Å². The first-order valence-corrected chi connectivity index (χ1v) is 12.0. The van der Waals surface area contributed by atoms with Crippen molar-refractivity contribution >= 4 is 40.7 Å². The molecule has 1 aliphatic heterocycles. The third-order valence-electron chi connectivity index (χ3n) is 6.44. The topological polar surface area (TPSA) is 94.1 Å². The van der Waals surface area contributed by atoms with E-state index in [1.54, 1.807) is 16.8 Å². The van der Waals surface area contributed by atoms with Gasteiger partial charge in [0.1, 0.15) is 24.0 Å². The van der Waals surface area contributed by atoms with Crippen LogP contribution in [0, 0.1) is 11.7 Å². The number of aryl methyl sites for hydroxylation is 1. The summed E-state index contributed by atoms with van der Waals surface area (Å²) in [5, 5.41) is 8.09. The summed E-state index contributed by atoms with van der Waals surface area (Å²) in [5.41, 5.74) is 8.85. The van der Waals surface area contributed by atoms with Crippen LogP contribution in [-0.2, 0) is 7.05 Å². The molecule has 0 saturated carbocycles. The fourth-order valence-electron chi connectivity index (χ4n) is 4.54. The van der Waals surface area contributed by atoms with Gasteiger partial charge in [-0.15, -0.1) is 12.6 Å². The second-order valence-electron chi connectivity index (χ2n) is 9.03. The number of hydrogen-bond donors (Lipinski definition) is 3. The average molecular weight is 494 g/mol. The highest BCUT2D eigenvalue weighted by molar-refractivity contribution is 7.80. The zero-order chi connectivity index (χ0) is 24.7. The summed E-state index contributed by atoms with van der Waals surface area (Å²) in [6.45, 7) is 4.10. The molecule has 1 aliphatic rings. The number of nitrogens with zero attached hydrogens (tertiary/aromatic N) is 5. The maximum absolute atomic E-state index is 14.9. The molecule has 8 nitrogen and oxygen atoms in total. The van der Waals surface area contributed by atoms with Gasteiger partial charge in [0.05, 0.1) is 27.7 Å². The highest BCUT2D eigenvalue weighted by Gasteiger charge is 2.32. The summed E-state index contributed by atoms with van der Waals surface area (Å²) in [4.78, 5) is 11.3. The Balaban J connectivity index is 1.62. The van der Waals surface area contributed by atoms with Gasteiger partial charge in [-0.2, -0.15) is 5.10 Å². The second kappa shape index (κ2) is 9.35. The van der Waals surface area contributed by atoms with Gasteiger partial charge in [0.25, 0.3) is 0 Å². The number of rotatable bonds is 7. The van der Waals surface area contributed by atoms with Gasteiger partial charge < -0.3 is 20.7 Å². The molecular weight excluding hydrogens is 465 g/mol. The number of nitrogens with one attached hydrogen (secondary N) is 1. The minimum atomic E-state index is -0.543. The summed E-state index contributed by atoms with van der Waals surface area (Å²) in [6.07, 6.45) is 6.10. The SMILES string of the molecule is CC[C@@H](Oc1cc(-c2cnn(C)c2)cc2ncnc(Nc3ccc(N)c(S)c3F)c12)C1CN(C)C1. The van der Waals surface area contributed by atoms with E-state index in [4.69, 9.17) is 10.5 Å². The van der Waals surface area contributed by atoms with Crippen LogP contribution in [0.5, 0.6) is 5.75 Å². The number of thiol groups is 1. The van der Waals surface area contributed by atoms with Crippen LogP contribution in [0.1, 0.15) is 13.3 Å². The number of halogens is 1. The molecule has 0 bridgehead atoms. The van der Waals surface area contributed by atoms with Gasteiger partial charge in [-0.05, 0) is 43.3 Å². The van der Waals surface area contributed by atoms with Gasteiger partial charge >= 0.3 is 0 Å². The Hall–Kier alpha value is -3.37. The normalized spacial score (nSPS) is 15.2. The van der Waals surface area contributed by atoms with Crippen LogP contribution in [-0.4, -0.2) is 50.9 Å². The van der Waals surface area contributed by atoms with Gasteiger partial charge in [0.15, 0.2) is 5.82 Å². The van der Waals surface area contributed by atoms with Crippen LogP contribution >= 0.6 is 12.6 Å². The molecule has 1 atom stereocenters. The third-order valence-corrected chi connectivity index (χ3v) is 6.89. The molecule has 4 aromatic rings. The number of ether oxygens (including phenoxy) is 1. The second-order valence-corrected chi connectivity index (χ2v) is 9.48. The lowest BCUT2D eigenvalue weighted by Gasteiger charge is -2.41. The molecule has 10 heteroatoms. The lowest BCUT2D eigenvalue weighted by molar-refractivity contribution is 0.0241. The van der Waals surface area contributed by atoms with Gasteiger partial charge in [0.2, 0.25) is 0 Å². The predicted octanol–water partition coefficient (Wildman–Crippen LogP) is 4.50. The molecule has 1 fully saturated rings. The van der Waals surface area contributed by atoms with Crippen molar-refractivity contribution in [1.29, 1.82) is 0 Å². The number of likely N-dealkylation sites (tertiary alicyclic amines) is 1. The van der Waals surface area contributed by atoms with Crippen LogP contribution in [0.4, 0.5) is 21.6 Å². The molecule has 5 rings (SSSR count). The zero-order valence-electron chi connectivity index (χ0n) is 19.9. The van der Waals surface area contributed by atoms with Crippen molar-refractivity contribution in [2.45, 2.75) is 24.3 Å². The Bertz CT molecular complexity index is 1390. The smallest absolute Gasteiger partial charge is 0.162 e. The highest BCUT2D eigenvalue weighted by Crippen LogP contribution is 2.39. The Morgan fingerprint density at radius 3 is 2.71 bits per heavy atom. The molecule has 0 radical (unpaired) electrons. The number of anilines is 3. The molecule has 0 aliphatic carbocycles. The first kappa shape index (κ1) is 23.4. The van der Waals surface area contributed by atoms with Crippen LogP contribution < -0.4 is 15.8 Å². The van der Waals surface area contributed by atoms with Crippen molar-refractivity contribution in [1.82, 2.24) is 24.6 Å². The van der Waals surface area contributed by atoms with E-state index < -0.39 is 5.82 Å². The number of hydrogen-bond acceptors (Lipinski definition) is 8. The van der Waals surface area contributed by atoms with Crippen LogP contribution in [0.2, 0.25) is 0 Å². The van der Waals surface area contributed by atoms with Gasteiger partial charge in [-0.25, -0.2) is 14.4 Å². The molecule has 2 aromatic heterocycles. The molecule has 182 valence electrons. The summed E-state index contributed by atoms with van der Waals surface area (Å²) >= 11 is 4.19. The number of nitrogen functional groups attached to an aromatic ring is 1. The van der Waals surface area contributed by atoms with E-state index in [9.17, 15) is 4.39 Å². The number of nitrogens with two attached hydrogens (primary N) is 1. The van der Waals surface area contributed by atoms with Crippen LogP contribution in [0.15, 0.2) is 47.9 Å². The van der Waals surface area contributed by atoms with Crippen molar-refractivity contribution < 1.29 is 9.13 Å². The van der Waals surface area contributed by atoms with E-state index >= 15 is 0 Å². The molecule has 0 amide bonds. The number of fused-ring (bicyclic) bond motifs is 1. The fraction of sp³-hybridized carbons (Fsp3) is 0.320. The highest BCUT2D eigenvalue weighted by atomic mass is 32.1. The van der Waals surface area contributed by atoms with E-state index in [2.05, 4.69) is 51.9 Å². The largest absolute Gasteiger partial charge is 0.489 e. The quantitative estimate of drug-likeness (QED) is 0.258. The van der Waals surface area contributed by atoms with Crippen molar-refractivity contribution in [3.8, 4) is 16.9 Å². The predicted molar refractivity (Wildman–Crippen MR) is 139 cm³/mol. The number of aromatic nitrogens is 4. The monoisotopic (exact) mass is 493 g/mol. The van der Waals surface area contributed by atoms with Gasteiger partial charge in [-0.1, -0.05) is 6.92 Å². The zero-order valence-corrected chi connectivity index (χ0v) is 20.8. The lowest BCUT2D eigenvalue weighted by Crippen LogP contribution is -2.51. The molecule has 3 N–H and O–H groups in total.